The molecule has 0 saturated heterocycles. The minimum atomic E-state index is 0.670. The molecule has 1 aromatic rings. The van der Waals surface area contributed by atoms with Gasteiger partial charge in [0.05, 0.1) is 11.6 Å². The van der Waals surface area contributed by atoms with Gasteiger partial charge in [-0.3, -0.25) is 0 Å². The van der Waals surface area contributed by atoms with Crippen LogP contribution in [-0.2, 0) is 0 Å². The monoisotopic (exact) mass is 265 g/mol. The van der Waals surface area contributed by atoms with Crippen LogP contribution < -0.4 is 0 Å². The van der Waals surface area contributed by atoms with Crippen LogP contribution in [0.5, 0.6) is 0 Å². The van der Waals surface area contributed by atoms with Crippen LogP contribution in [0.2, 0.25) is 0 Å². The van der Waals surface area contributed by atoms with Crippen molar-refractivity contribution in [1.29, 1.82) is 5.26 Å². The van der Waals surface area contributed by atoms with Crippen LogP contribution in [0.25, 0.3) is 0 Å². The molecule has 3 rings (SSSR count). The van der Waals surface area contributed by atoms with Gasteiger partial charge in [0.15, 0.2) is 0 Å². The van der Waals surface area contributed by atoms with Crippen LogP contribution >= 0.6 is 0 Å². The Morgan fingerprint density at radius 1 is 1.05 bits per heavy atom. The van der Waals surface area contributed by atoms with Crippen molar-refractivity contribution in [2.45, 2.75) is 57.3 Å². The maximum atomic E-state index is 9.23. The van der Waals surface area contributed by atoms with Gasteiger partial charge < -0.3 is 0 Å². The van der Waals surface area contributed by atoms with Crippen LogP contribution in [0.15, 0.2) is 30.4 Å². The van der Waals surface area contributed by atoms with Gasteiger partial charge in [-0.2, -0.15) is 5.26 Å². The smallest absolute Gasteiger partial charge is 0.0994 e. The Balaban J connectivity index is 1.75. The third-order valence-electron chi connectivity index (χ3n) is 4.92. The standard InChI is InChI=1S/C19H23N/c1-2-3-14-4-6-15(7-5-14)17-10-11-18(13-20)19(12-17)16-8-9-16/h2-3,10-12,14-16H,4-9H2,1H3/b3-2+. The number of benzene rings is 1. The summed E-state index contributed by atoms with van der Waals surface area (Å²) in [6, 6.07) is 8.96. The molecule has 0 radical (unpaired) electrons. The second-order valence-electron chi connectivity index (χ2n) is 6.37. The quantitative estimate of drug-likeness (QED) is 0.681. The molecule has 0 bridgehead atoms. The molecule has 104 valence electrons. The minimum Gasteiger partial charge on any atom is -0.192 e. The van der Waals surface area contributed by atoms with E-state index in [0.29, 0.717) is 11.8 Å². The molecule has 20 heavy (non-hydrogen) atoms. The molecular weight excluding hydrogens is 242 g/mol. The third kappa shape index (κ3) is 2.80. The Morgan fingerprint density at radius 3 is 2.35 bits per heavy atom. The fraction of sp³-hybridized carbons (Fsp3) is 0.526. The molecule has 0 amide bonds. The molecular formula is C19H23N. The van der Waals surface area contributed by atoms with Crippen LogP contribution in [0.4, 0.5) is 0 Å². The van der Waals surface area contributed by atoms with E-state index in [0.717, 1.165) is 11.5 Å². The van der Waals surface area contributed by atoms with Crippen molar-refractivity contribution in [3.63, 3.8) is 0 Å². The summed E-state index contributed by atoms with van der Waals surface area (Å²) in [7, 11) is 0. The summed E-state index contributed by atoms with van der Waals surface area (Å²) in [5.41, 5.74) is 3.70. The highest BCUT2D eigenvalue weighted by molar-refractivity contribution is 5.45. The zero-order valence-corrected chi connectivity index (χ0v) is 12.3. The molecule has 1 nitrogen and oxygen atoms in total. The van der Waals surface area contributed by atoms with Gasteiger partial charge in [0.2, 0.25) is 0 Å². The second-order valence-corrected chi connectivity index (χ2v) is 6.37. The number of hydrogen-bond donors (Lipinski definition) is 0. The van der Waals surface area contributed by atoms with E-state index in [1.165, 1.54) is 49.7 Å². The maximum Gasteiger partial charge on any atom is 0.0994 e. The molecule has 0 N–H and O–H groups in total. The van der Waals surface area contributed by atoms with E-state index in [-0.39, 0.29) is 0 Å². The molecule has 0 aliphatic heterocycles. The molecule has 1 heteroatoms. The number of hydrogen-bond acceptors (Lipinski definition) is 1. The molecule has 0 spiro atoms. The Bertz CT molecular complexity index is 537. The van der Waals surface area contributed by atoms with E-state index in [4.69, 9.17) is 0 Å². The van der Waals surface area contributed by atoms with Gasteiger partial charge in [0.1, 0.15) is 0 Å². The van der Waals surface area contributed by atoms with Crippen LogP contribution in [0, 0.1) is 17.2 Å². The highest BCUT2D eigenvalue weighted by Crippen LogP contribution is 2.44. The van der Waals surface area contributed by atoms with Crippen molar-refractivity contribution in [2.75, 3.05) is 0 Å². The van der Waals surface area contributed by atoms with Crippen LogP contribution in [0.1, 0.15) is 74.0 Å². The fourth-order valence-electron chi connectivity index (χ4n) is 3.59. The maximum absolute atomic E-state index is 9.23. The van der Waals surface area contributed by atoms with Crippen LogP contribution in [-0.4, -0.2) is 0 Å². The van der Waals surface area contributed by atoms with E-state index in [2.05, 4.69) is 43.3 Å². The molecule has 2 aliphatic rings. The molecule has 0 aromatic heterocycles. The molecule has 2 fully saturated rings. The lowest BCUT2D eigenvalue weighted by Crippen LogP contribution is -2.12. The number of allylic oxidation sites excluding steroid dienone is 2. The van der Waals surface area contributed by atoms with Gasteiger partial charge in [-0.15, -0.1) is 0 Å². The molecule has 0 heterocycles. The summed E-state index contributed by atoms with van der Waals surface area (Å²) >= 11 is 0. The van der Waals surface area contributed by atoms with Gasteiger partial charge >= 0.3 is 0 Å². The van der Waals surface area contributed by atoms with E-state index >= 15 is 0 Å². The SMILES string of the molecule is C/C=C/C1CCC(c2ccc(C#N)c(C3CC3)c2)CC1. The molecule has 2 aliphatic carbocycles. The summed E-state index contributed by atoms with van der Waals surface area (Å²) in [5.74, 6) is 2.17. The highest BCUT2D eigenvalue weighted by atomic mass is 14.3. The first kappa shape index (κ1) is 13.4. The van der Waals surface area contributed by atoms with E-state index < -0.39 is 0 Å². The summed E-state index contributed by atoms with van der Waals surface area (Å²) in [6.45, 7) is 2.12. The summed E-state index contributed by atoms with van der Waals surface area (Å²) < 4.78 is 0. The van der Waals surface area contributed by atoms with Crippen molar-refractivity contribution in [2.24, 2.45) is 5.92 Å². The van der Waals surface area contributed by atoms with Gasteiger partial charge in [-0.25, -0.2) is 0 Å². The Hall–Kier alpha value is -1.55. The van der Waals surface area contributed by atoms with Crippen LogP contribution in [0.3, 0.4) is 0 Å². The number of nitriles is 1. The second kappa shape index (κ2) is 5.83. The van der Waals surface area contributed by atoms with Crippen molar-refractivity contribution in [3.05, 3.63) is 47.0 Å². The van der Waals surface area contributed by atoms with Gasteiger partial charge in [-0.05, 0) is 80.4 Å². The lowest BCUT2D eigenvalue weighted by atomic mass is 9.78. The lowest BCUT2D eigenvalue weighted by molar-refractivity contribution is 0.375. The molecule has 0 unspecified atom stereocenters. The fourth-order valence-corrected chi connectivity index (χ4v) is 3.59. The van der Waals surface area contributed by atoms with Gasteiger partial charge in [-0.1, -0.05) is 24.3 Å². The zero-order valence-electron chi connectivity index (χ0n) is 12.3. The Morgan fingerprint density at radius 2 is 1.75 bits per heavy atom. The van der Waals surface area contributed by atoms with E-state index in [9.17, 15) is 5.26 Å². The van der Waals surface area contributed by atoms with Crippen molar-refractivity contribution >= 4 is 0 Å². The Kier molecular flexibility index (Phi) is 3.92. The Labute approximate surface area is 122 Å². The average Bonchev–Trinajstić information content (AvgIpc) is 3.32. The minimum absolute atomic E-state index is 0.670. The first-order valence-electron chi connectivity index (χ1n) is 7.98. The summed E-state index contributed by atoms with van der Waals surface area (Å²) in [4.78, 5) is 0. The van der Waals surface area contributed by atoms with Gasteiger partial charge in [0.25, 0.3) is 0 Å². The topological polar surface area (TPSA) is 23.8 Å². The summed E-state index contributed by atoms with van der Waals surface area (Å²) in [6.07, 6.45) is 12.3. The lowest BCUT2D eigenvalue weighted by Gasteiger charge is -2.27. The first-order chi connectivity index (χ1) is 9.81. The van der Waals surface area contributed by atoms with Crippen molar-refractivity contribution < 1.29 is 0 Å². The van der Waals surface area contributed by atoms with E-state index in [1.807, 2.05) is 0 Å². The average molecular weight is 265 g/mol. The van der Waals surface area contributed by atoms with Crippen molar-refractivity contribution in [1.82, 2.24) is 0 Å². The normalized spacial score (nSPS) is 26.6. The number of rotatable bonds is 3. The molecule has 0 atom stereocenters. The van der Waals surface area contributed by atoms with Crippen molar-refractivity contribution in [3.8, 4) is 6.07 Å². The van der Waals surface area contributed by atoms with Gasteiger partial charge in [0, 0.05) is 0 Å². The molecule has 1 aromatic carbocycles. The highest BCUT2D eigenvalue weighted by Gasteiger charge is 2.28. The zero-order chi connectivity index (χ0) is 13.9. The third-order valence-corrected chi connectivity index (χ3v) is 4.92. The predicted molar refractivity (Wildman–Crippen MR) is 82.6 cm³/mol. The summed E-state index contributed by atoms with van der Waals surface area (Å²) in [5, 5.41) is 9.23. The largest absolute Gasteiger partial charge is 0.192 e. The number of nitrogens with zero attached hydrogens (tertiary/aromatic N) is 1. The predicted octanol–water partition coefficient (Wildman–Crippen LogP) is 5.29. The van der Waals surface area contributed by atoms with E-state index in [1.54, 1.807) is 0 Å². The molecule has 2 saturated carbocycles. The first-order valence-corrected chi connectivity index (χ1v) is 7.98.